The zero-order valence-corrected chi connectivity index (χ0v) is 12.9. The van der Waals surface area contributed by atoms with Crippen molar-refractivity contribution < 1.29 is 8.42 Å². The normalized spacial score (nSPS) is 11.8. The van der Waals surface area contributed by atoms with E-state index in [0.29, 0.717) is 11.4 Å². The van der Waals surface area contributed by atoms with E-state index in [-0.39, 0.29) is 9.34 Å². The number of nitrogen functional groups attached to an aromatic ring is 1. The number of nitrogens with two attached hydrogens (primary N) is 1. The molecule has 2 aromatic heterocycles. The second-order valence-electron chi connectivity index (χ2n) is 4.20. The number of nitrogens with one attached hydrogen (secondary N) is 1. The number of thiophene rings is 1. The summed E-state index contributed by atoms with van der Waals surface area (Å²) in [6.07, 6.45) is 0. The standard InChI is InChI=1S/C12H11N3O2S3/c1-7-11(19-12(13)14-7)20(16,17)15-9-2-3-10-8(6-9)4-5-18-10/h2-6,15H,1H3,(H2,13,14). The molecule has 0 unspecified atom stereocenters. The fraction of sp³-hybridized carbons (Fsp3) is 0.0833. The highest BCUT2D eigenvalue weighted by molar-refractivity contribution is 7.94. The molecule has 0 saturated heterocycles. The van der Waals surface area contributed by atoms with Crippen molar-refractivity contribution in [1.82, 2.24) is 4.98 Å². The number of anilines is 2. The first-order chi connectivity index (χ1) is 9.45. The van der Waals surface area contributed by atoms with E-state index in [4.69, 9.17) is 5.73 Å². The van der Waals surface area contributed by atoms with E-state index in [1.807, 2.05) is 23.6 Å². The zero-order chi connectivity index (χ0) is 14.3. The Kier molecular flexibility index (Phi) is 3.15. The van der Waals surface area contributed by atoms with E-state index in [2.05, 4.69) is 9.71 Å². The van der Waals surface area contributed by atoms with Crippen molar-refractivity contribution in [2.24, 2.45) is 0 Å². The number of sulfonamides is 1. The second kappa shape index (κ2) is 4.72. The molecule has 0 aliphatic heterocycles. The molecule has 20 heavy (non-hydrogen) atoms. The van der Waals surface area contributed by atoms with Gasteiger partial charge in [0.2, 0.25) is 0 Å². The number of aryl methyl sites for hydroxylation is 1. The van der Waals surface area contributed by atoms with Gasteiger partial charge in [-0.25, -0.2) is 13.4 Å². The van der Waals surface area contributed by atoms with Crippen LogP contribution in [-0.4, -0.2) is 13.4 Å². The lowest BCUT2D eigenvalue weighted by molar-refractivity contribution is 0.602. The summed E-state index contributed by atoms with van der Waals surface area (Å²) in [4.78, 5) is 3.94. The number of rotatable bonds is 3. The topological polar surface area (TPSA) is 85.1 Å². The minimum Gasteiger partial charge on any atom is -0.375 e. The highest BCUT2D eigenvalue weighted by atomic mass is 32.2. The molecule has 3 rings (SSSR count). The van der Waals surface area contributed by atoms with Crippen LogP contribution in [0.15, 0.2) is 33.9 Å². The Morgan fingerprint density at radius 3 is 2.80 bits per heavy atom. The van der Waals surface area contributed by atoms with E-state index in [1.165, 1.54) is 0 Å². The smallest absolute Gasteiger partial charge is 0.273 e. The molecule has 0 saturated carbocycles. The molecular weight excluding hydrogens is 314 g/mol. The quantitative estimate of drug-likeness (QED) is 0.775. The Morgan fingerprint density at radius 2 is 2.10 bits per heavy atom. The molecule has 3 aromatic rings. The Hall–Kier alpha value is -1.64. The lowest BCUT2D eigenvalue weighted by Crippen LogP contribution is -2.12. The van der Waals surface area contributed by atoms with Gasteiger partial charge in [0.25, 0.3) is 10.0 Å². The van der Waals surface area contributed by atoms with E-state index >= 15 is 0 Å². The van der Waals surface area contributed by atoms with Crippen molar-refractivity contribution >= 4 is 53.6 Å². The summed E-state index contributed by atoms with van der Waals surface area (Å²) in [5.41, 5.74) is 6.49. The van der Waals surface area contributed by atoms with Gasteiger partial charge in [-0.3, -0.25) is 4.72 Å². The Bertz CT molecular complexity index is 880. The van der Waals surface area contributed by atoms with Gasteiger partial charge in [-0.05, 0) is 42.0 Å². The van der Waals surface area contributed by atoms with Crippen LogP contribution in [0, 0.1) is 6.92 Å². The third-order valence-corrected chi connectivity index (χ3v) is 6.59. The van der Waals surface area contributed by atoms with Gasteiger partial charge in [-0.1, -0.05) is 11.3 Å². The van der Waals surface area contributed by atoms with Gasteiger partial charge < -0.3 is 5.73 Å². The molecule has 0 radical (unpaired) electrons. The van der Waals surface area contributed by atoms with Gasteiger partial charge in [0.05, 0.1) is 5.69 Å². The predicted molar refractivity (Wildman–Crippen MR) is 83.9 cm³/mol. The van der Waals surface area contributed by atoms with E-state index in [9.17, 15) is 8.42 Å². The maximum absolute atomic E-state index is 12.3. The summed E-state index contributed by atoms with van der Waals surface area (Å²) >= 11 is 2.58. The largest absolute Gasteiger partial charge is 0.375 e. The van der Waals surface area contributed by atoms with Crippen molar-refractivity contribution in [3.63, 3.8) is 0 Å². The van der Waals surface area contributed by atoms with E-state index < -0.39 is 10.0 Å². The van der Waals surface area contributed by atoms with Crippen LogP contribution in [0.2, 0.25) is 0 Å². The second-order valence-corrected chi connectivity index (χ2v) is 8.06. The fourth-order valence-corrected chi connectivity index (χ4v) is 5.00. The van der Waals surface area contributed by atoms with Crippen molar-refractivity contribution in [2.75, 3.05) is 10.5 Å². The fourth-order valence-electron chi connectivity index (χ4n) is 1.88. The minimum absolute atomic E-state index is 0.153. The van der Waals surface area contributed by atoms with Crippen LogP contribution in [0.1, 0.15) is 5.69 Å². The van der Waals surface area contributed by atoms with Crippen molar-refractivity contribution in [3.05, 3.63) is 35.3 Å². The number of benzene rings is 1. The van der Waals surface area contributed by atoms with Crippen LogP contribution < -0.4 is 10.5 Å². The Labute approximate surface area is 124 Å². The lowest BCUT2D eigenvalue weighted by atomic mass is 10.2. The molecule has 2 heterocycles. The van der Waals surface area contributed by atoms with Crippen LogP contribution in [0.5, 0.6) is 0 Å². The third kappa shape index (κ3) is 2.37. The Morgan fingerprint density at radius 1 is 1.30 bits per heavy atom. The van der Waals surface area contributed by atoms with E-state index in [1.54, 1.807) is 24.3 Å². The highest BCUT2D eigenvalue weighted by Crippen LogP contribution is 2.29. The molecule has 8 heteroatoms. The summed E-state index contributed by atoms with van der Waals surface area (Å²) in [6.45, 7) is 1.63. The van der Waals surface area contributed by atoms with Crippen LogP contribution in [-0.2, 0) is 10.0 Å². The van der Waals surface area contributed by atoms with Gasteiger partial charge >= 0.3 is 0 Å². The van der Waals surface area contributed by atoms with Crippen LogP contribution in [0.25, 0.3) is 10.1 Å². The number of nitrogens with zero attached hydrogens (tertiary/aromatic N) is 1. The molecule has 0 spiro atoms. The van der Waals surface area contributed by atoms with Crippen molar-refractivity contribution in [2.45, 2.75) is 11.1 Å². The summed E-state index contributed by atoms with van der Waals surface area (Å²) in [7, 11) is -3.65. The van der Waals surface area contributed by atoms with Crippen LogP contribution in [0.3, 0.4) is 0 Å². The third-order valence-electron chi connectivity index (χ3n) is 2.72. The Balaban J connectivity index is 1.98. The molecule has 0 bridgehead atoms. The van der Waals surface area contributed by atoms with Crippen molar-refractivity contribution in [3.8, 4) is 0 Å². The maximum atomic E-state index is 12.3. The summed E-state index contributed by atoms with van der Waals surface area (Å²) in [5.74, 6) is 0. The molecule has 1 aromatic carbocycles. The van der Waals surface area contributed by atoms with Crippen molar-refractivity contribution in [1.29, 1.82) is 0 Å². The SMILES string of the molecule is Cc1nc(N)sc1S(=O)(=O)Nc1ccc2sccc2c1. The summed E-state index contributed by atoms with van der Waals surface area (Å²) < 4.78 is 28.5. The molecule has 0 fully saturated rings. The maximum Gasteiger partial charge on any atom is 0.273 e. The average molecular weight is 325 g/mol. The molecule has 5 nitrogen and oxygen atoms in total. The lowest BCUT2D eigenvalue weighted by Gasteiger charge is -2.06. The monoisotopic (exact) mass is 325 g/mol. The van der Waals surface area contributed by atoms with E-state index in [0.717, 1.165) is 21.4 Å². The number of fused-ring (bicyclic) bond motifs is 1. The molecule has 3 N–H and O–H groups in total. The highest BCUT2D eigenvalue weighted by Gasteiger charge is 2.21. The van der Waals surface area contributed by atoms with Crippen LogP contribution >= 0.6 is 22.7 Å². The van der Waals surface area contributed by atoms with Crippen LogP contribution in [0.4, 0.5) is 10.8 Å². The zero-order valence-electron chi connectivity index (χ0n) is 10.5. The first-order valence-corrected chi connectivity index (χ1v) is 8.86. The minimum atomic E-state index is -3.65. The molecule has 104 valence electrons. The van der Waals surface area contributed by atoms with Gasteiger partial charge in [-0.15, -0.1) is 11.3 Å². The first-order valence-electron chi connectivity index (χ1n) is 5.69. The molecule has 0 aliphatic carbocycles. The summed E-state index contributed by atoms with van der Waals surface area (Å²) in [6, 6.07) is 7.40. The predicted octanol–water partition coefficient (Wildman–Crippen LogP) is 3.05. The molecule has 0 amide bonds. The van der Waals surface area contributed by atoms with Gasteiger partial charge in [0.1, 0.15) is 0 Å². The molecular formula is C12H11N3O2S3. The van der Waals surface area contributed by atoms with Gasteiger partial charge in [0.15, 0.2) is 9.34 Å². The molecule has 0 aliphatic rings. The summed E-state index contributed by atoms with van der Waals surface area (Å²) in [5, 5.41) is 3.23. The van der Waals surface area contributed by atoms with Gasteiger partial charge in [-0.2, -0.15) is 0 Å². The number of aromatic nitrogens is 1. The number of thiazole rings is 1. The average Bonchev–Trinajstić information content (AvgIpc) is 2.94. The number of hydrogen-bond acceptors (Lipinski definition) is 6. The van der Waals surface area contributed by atoms with Gasteiger partial charge in [0, 0.05) is 10.4 Å². The first kappa shape index (κ1) is 13.3. The molecule has 0 atom stereocenters. The number of hydrogen-bond donors (Lipinski definition) is 2.